The summed E-state index contributed by atoms with van der Waals surface area (Å²) in [6.07, 6.45) is -4.68. The Bertz CT molecular complexity index is 444. The fourth-order valence-corrected chi connectivity index (χ4v) is 1.54. The Balaban J connectivity index is 2.55. The zero-order valence-corrected chi connectivity index (χ0v) is 11.6. The molecule has 0 unspecified atom stereocenters. The van der Waals surface area contributed by atoms with E-state index < -0.39 is 6.36 Å². The molecule has 0 N–H and O–H groups in total. The van der Waals surface area contributed by atoms with Crippen LogP contribution in [0.1, 0.15) is 5.56 Å². The predicted molar refractivity (Wildman–Crippen MR) is 68.2 cm³/mol. The number of hydrogen-bond donors (Lipinski definition) is 0. The van der Waals surface area contributed by atoms with E-state index in [1.54, 1.807) is 26.0 Å². The minimum Gasteiger partial charge on any atom is -0.406 e. The van der Waals surface area contributed by atoms with Crippen molar-refractivity contribution in [3.05, 3.63) is 29.8 Å². The van der Waals surface area contributed by atoms with Gasteiger partial charge in [-0.05, 0) is 24.7 Å². The molecule has 0 spiro atoms. The standard InChI is InChI=1S/C13H17F3N2O2/c1-17(2)12(19)9-18(3)8-10-4-6-11(7-5-10)20-13(14,15)16/h4-7H,8-9H2,1-3H3. The quantitative estimate of drug-likeness (QED) is 0.832. The molecule has 1 aromatic rings. The molecule has 0 atom stereocenters. The average molecular weight is 290 g/mol. The number of amides is 1. The summed E-state index contributed by atoms with van der Waals surface area (Å²) in [4.78, 5) is 14.8. The lowest BCUT2D eigenvalue weighted by Crippen LogP contribution is -2.34. The summed E-state index contributed by atoms with van der Waals surface area (Å²) in [5.41, 5.74) is 0.800. The minimum atomic E-state index is -4.68. The molecule has 0 aromatic heterocycles. The molecular formula is C13H17F3N2O2. The number of likely N-dealkylation sites (N-methyl/N-ethyl adjacent to an activating group) is 2. The van der Waals surface area contributed by atoms with Crippen LogP contribution in [-0.4, -0.2) is 49.8 Å². The smallest absolute Gasteiger partial charge is 0.406 e. The van der Waals surface area contributed by atoms with E-state index in [0.29, 0.717) is 6.54 Å². The zero-order valence-electron chi connectivity index (χ0n) is 11.6. The molecule has 1 aromatic carbocycles. The van der Waals surface area contributed by atoms with Gasteiger partial charge in [-0.1, -0.05) is 12.1 Å². The van der Waals surface area contributed by atoms with Crippen molar-refractivity contribution in [1.82, 2.24) is 9.80 Å². The molecule has 0 bridgehead atoms. The third-order valence-corrected chi connectivity index (χ3v) is 2.51. The van der Waals surface area contributed by atoms with Crippen LogP contribution in [0.4, 0.5) is 13.2 Å². The van der Waals surface area contributed by atoms with Crippen LogP contribution in [-0.2, 0) is 11.3 Å². The molecule has 0 aliphatic carbocycles. The number of nitrogens with zero attached hydrogens (tertiary/aromatic N) is 2. The van der Waals surface area contributed by atoms with Gasteiger partial charge in [-0.15, -0.1) is 13.2 Å². The van der Waals surface area contributed by atoms with Crippen molar-refractivity contribution < 1.29 is 22.7 Å². The molecule has 0 saturated heterocycles. The highest BCUT2D eigenvalue weighted by molar-refractivity contribution is 5.77. The maximum Gasteiger partial charge on any atom is 0.573 e. The molecule has 0 radical (unpaired) electrons. The third-order valence-electron chi connectivity index (χ3n) is 2.51. The lowest BCUT2D eigenvalue weighted by atomic mass is 10.2. The summed E-state index contributed by atoms with van der Waals surface area (Å²) in [7, 11) is 5.10. The predicted octanol–water partition coefficient (Wildman–Crippen LogP) is 2.11. The Morgan fingerprint density at radius 2 is 1.70 bits per heavy atom. The van der Waals surface area contributed by atoms with Crippen LogP contribution in [0.2, 0.25) is 0 Å². The highest BCUT2D eigenvalue weighted by Crippen LogP contribution is 2.22. The second-order valence-electron chi connectivity index (χ2n) is 4.65. The number of halogens is 3. The first-order valence-corrected chi connectivity index (χ1v) is 5.91. The van der Waals surface area contributed by atoms with Crippen molar-refractivity contribution in [3.8, 4) is 5.75 Å². The van der Waals surface area contributed by atoms with E-state index >= 15 is 0 Å². The minimum absolute atomic E-state index is 0.0375. The van der Waals surface area contributed by atoms with Gasteiger partial charge in [0, 0.05) is 20.6 Å². The number of ether oxygens (including phenoxy) is 1. The molecule has 0 aliphatic rings. The second kappa shape index (κ2) is 6.60. The maximum absolute atomic E-state index is 12.0. The van der Waals surface area contributed by atoms with Crippen molar-refractivity contribution in [2.45, 2.75) is 12.9 Å². The van der Waals surface area contributed by atoms with Gasteiger partial charge in [0.1, 0.15) is 5.75 Å². The first-order chi connectivity index (χ1) is 9.17. The van der Waals surface area contributed by atoms with Gasteiger partial charge >= 0.3 is 6.36 Å². The summed E-state index contributed by atoms with van der Waals surface area (Å²) in [6, 6.07) is 5.59. The van der Waals surface area contributed by atoms with Gasteiger partial charge in [0.25, 0.3) is 0 Å². The van der Waals surface area contributed by atoms with Gasteiger partial charge in [-0.25, -0.2) is 0 Å². The Kier molecular flexibility index (Phi) is 5.38. The number of benzene rings is 1. The van der Waals surface area contributed by atoms with E-state index in [4.69, 9.17) is 0 Å². The zero-order chi connectivity index (χ0) is 15.3. The van der Waals surface area contributed by atoms with Gasteiger partial charge < -0.3 is 9.64 Å². The van der Waals surface area contributed by atoms with Crippen LogP contribution in [0.5, 0.6) is 5.75 Å². The molecule has 0 aliphatic heterocycles. The SMILES string of the molecule is CN(CC(=O)N(C)C)Cc1ccc(OC(F)(F)F)cc1. The Labute approximate surface area is 115 Å². The Morgan fingerprint density at radius 3 is 2.15 bits per heavy atom. The second-order valence-corrected chi connectivity index (χ2v) is 4.65. The molecule has 7 heteroatoms. The molecule has 1 amide bonds. The van der Waals surface area contributed by atoms with Crippen LogP contribution < -0.4 is 4.74 Å². The van der Waals surface area contributed by atoms with Crippen LogP contribution in [0.25, 0.3) is 0 Å². The maximum atomic E-state index is 12.0. The summed E-state index contributed by atoms with van der Waals surface area (Å²) >= 11 is 0. The normalized spacial score (nSPS) is 11.6. The van der Waals surface area contributed by atoms with Crippen molar-refractivity contribution >= 4 is 5.91 Å². The van der Waals surface area contributed by atoms with Gasteiger partial charge in [0.2, 0.25) is 5.91 Å². The van der Waals surface area contributed by atoms with Gasteiger partial charge in [-0.2, -0.15) is 0 Å². The van der Waals surface area contributed by atoms with E-state index in [2.05, 4.69) is 4.74 Å². The van der Waals surface area contributed by atoms with Crippen LogP contribution in [0.15, 0.2) is 24.3 Å². The van der Waals surface area contributed by atoms with Crippen molar-refractivity contribution in [2.24, 2.45) is 0 Å². The molecule has 112 valence electrons. The van der Waals surface area contributed by atoms with E-state index in [1.807, 2.05) is 0 Å². The monoisotopic (exact) mass is 290 g/mol. The highest BCUT2D eigenvalue weighted by Gasteiger charge is 2.30. The van der Waals surface area contributed by atoms with E-state index in [1.165, 1.54) is 29.2 Å². The lowest BCUT2D eigenvalue weighted by molar-refractivity contribution is -0.274. The topological polar surface area (TPSA) is 32.8 Å². The molecule has 4 nitrogen and oxygen atoms in total. The van der Waals surface area contributed by atoms with E-state index in [-0.39, 0.29) is 18.2 Å². The largest absolute Gasteiger partial charge is 0.573 e. The third kappa shape index (κ3) is 5.92. The highest BCUT2D eigenvalue weighted by atomic mass is 19.4. The molecule has 1 rings (SSSR count). The van der Waals surface area contributed by atoms with Crippen molar-refractivity contribution in [2.75, 3.05) is 27.7 Å². The van der Waals surface area contributed by atoms with Crippen LogP contribution in [0, 0.1) is 0 Å². The van der Waals surface area contributed by atoms with Crippen LogP contribution >= 0.6 is 0 Å². The first kappa shape index (κ1) is 16.3. The average Bonchev–Trinajstić information content (AvgIpc) is 2.29. The number of alkyl halides is 3. The lowest BCUT2D eigenvalue weighted by Gasteiger charge is -2.19. The Morgan fingerprint density at radius 1 is 1.15 bits per heavy atom. The molecule has 20 heavy (non-hydrogen) atoms. The summed E-state index contributed by atoms with van der Waals surface area (Å²) in [5, 5.41) is 0. The number of carbonyl (C=O) groups excluding carboxylic acids is 1. The molecular weight excluding hydrogens is 273 g/mol. The Hall–Kier alpha value is -1.76. The molecule has 0 saturated carbocycles. The van der Waals surface area contributed by atoms with E-state index in [9.17, 15) is 18.0 Å². The number of rotatable bonds is 5. The van der Waals surface area contributed by atoms with Crippen LogP contribution in [0.3, 0.4) is 0 Å². The summed E-state index contributed by atoms with van der Waals surface area (Å²) < 4.78 is 39.8. The molecule has 0 heterocycles. The van der Waals surface area contributed by atoms with E-state index in [0.717, 1.165) is 5.56 Å². The summed E-state index contributed by atoms with van der Waals surface area (Å²) in [6.45, 7) is 0.708. The first-order valence-electron chi connectivity index (χ1n) is 5.91. The number of hydrogen-bond acceptors (Lipinski definition) is 3. The van der Waals surface area contributed by atoms with Gasteiger partial charge in [0.15, 0.2) is 0 Å². The number of carbonyl (C=O) groups is 1. The van der Waals surface area contributed by atoms with Gasteiger partial charge in [-0.3, -0.25) is 9.69 Å². The fraction of sp³-hybridized carbons (Fsp3) is 0.462. The molecule has 0 fully saturated rings. The summed E-state index contributed by atoms with van der Waals surface area (Å²) in [5.74, 6) is -0.294. The van der Waals surface area contributed by atoms with Gasteiger partial charge in [0.05, 0.1) is 6.54 Å². The van der Waals surface area contributed by atoms with Crippen molar-refractivity contribution in [3.63, 3.8) is 0 Å². The fourth-order valence-electron chi connectivity index (χ4n) is 1.54. The van der Waals surface area contributed by atoms with Crippen molar-refractivity contribution in [1.29, 1.82) is 0 Å².